The highest BCUT2D eigenvalue weighted by molar-refractivity contribution is 5.99. The first-order valence-electron chi connectivity index (χ1n) is 7.38. The van der Waals surface area contributed by atoms with Gasteiger partial charge in [-0.2, -0.15) is 0 Å². The molecule has 0 radical (unpaired) electrons. The molecule has 0 bridgehead atoms. The minimum Gasteiger partial charge on any atom is -0.378 e. The predicted octanol–water partition coefficient (Wildman–Crippen LogP) is 0.970. The van der Waals surface area contributed by atoms with Crippen molar-refractivity contribution in [1.82, 2.24) is 4.90 Å². The smallest absolute Gasteiger partial charge is 0.235 e. The van der Waals surface area contributed by atoms with Crippen molar-refractivity contribution in [3.8, 4) is 0 Å². The minimum absolute atomic E-state index is 0.154. The van der Waals surface area contributed by atoms with Crippen LogP contribution in [0.3, 0.4) is 0 Å². The molecule has 0 spiro atoms. The first-order valence-corrected chi connectivity index (χ1v) is 7.38. The van der Waals surface area contributed by atoms with E-state index < -0.39 is 11.8 Å². The summed E-state index contributed by atoms with van der Waals surface area (Å²) < 4.78 is 5.22. The van der Waals surface area contributed by atoms with Gasteiger partial charge in [0.15, 0.2) is 0 Å². The van der Waals surface area contributed by atoms with Crippen LogP contribution in [0, 0.1) is 5.92 Å². The number of carbonyl (C=O) groups excluding carboxylic acids is 2. The van der Waals surface area contributed by atoms with Gasteiger partial charge in [0, 0.05) is 13.1 Å². The molecular weight excluding hydrogens is 268 g/mol. The zero-order valence-electron chi connectivity index (χ0n) is 12.2. The van der Waals surface area contributed by atoms with Gasteiger partial charge in [0.25, 0.3) is 0 Å². The number of rotatable bonds is 6. The number of hydrogen-bond acceptors (Lipinski definition) is 3. The third-order valence-corrected chi connectivity index (χ3v) is 3.77. The maximum Gasteiger partial charge on any atom is 0.235 e. The van der Waals surface area contributed by atoms with E-state index in [9.17, 15) is 9.59 Å². The Hall–Kier alpha value is -1.88. The Morgan fingerprint density at radius 2 is 1.86 bits per heavy atom. The van der Waals surface area contributed by atoms with Crippen LogP contribution in [0.1, 0.15) is 18.4 Å². The molecule has 5 heteroatoms. The molecule has 1 aromatic rings. The van der Waals surface area contributed by atoms with E-state index in [1.165, 1.54) is 5.56 Å². The fourth-order valence-corrected chi connectivity index (χ4v) is 2.55. The quantitative estimate of drug-likeness (QED) is 0.793. The Kier molecular flexibility index (Phi) is 5.75. The van der Waals surface area contributed by atoms with Crippen molar-refractivity contribution in [2.75, 3.05) is 26.3 Å². The second-order valence-corrected chi connectivity index (χ2v) is 5.27. The number of aryl methyl sites for hydroxylation is 1. The normalized spacial score (nSPS) is 16.5. The summed E-state index contributed by atoms with van der Waals surface area (Å²) in [7, 11) is 0. The minimum atomic E-state index is -0.716. The van der Waals surface area contributed by atoms with Gasteiger partial charge in [-0.1, -0.05) is 30.3 Å². The number of morpholine rings is 1. The molecule has 5 nitrogen and oxygen atoms in total. The van der Waals surface area contributed by atoms with Gasteiger partial charge in [0.1, 0.15) is 5.92 Å². The van der Waals surface area contributed by atoms with Gasteiger partial charge in [-0.05, 0) is 24.8 Å². The van der Waals surface area contributed by atoms with Crippen molar-refractivity contribution in [2.24, 2.45) is 11.7 Å². The SMILES string of the molecule is NC(=O)[C@H](CCCc1ccccc1)C(=O)N1CCOCC1. The van der Waals surface area contributed by atoms with E-state index in [0.29, 0.717) is 32.7 Å². The van der Waals surface area contributed by atoms with Gasteiger partial charge in [0.05, 0.1) is 13.2 Å². The first kappa shape index (κ1) is 15.5. The second-order valence-electron chi connectivity index (χ2n) is 5.27. The standard InChI is InChI=1S/C16H22N2O3/c17-15(19)14(16(20)18-9-11-21-12-10-18)8-4-7-13-5-2-1-3-6-13/h1-3,5-6,14H,4,7-12H2,(H2,17,19)/t14-/m0/s1. The lowest BCUT2D eigenvalue weighted by atomic mass is 9.97. The Bertz CT molecular complexity index is 470. The molecule has 0 saturated carbocycles. The number of carbonyl (C=O) groups is 2. The molecule has 0 aromatic heterocycles. The summed E-state index contributed by atoms with van der Waals surface area (Å²) in [6.45, 7) is 2.14. The van der Waals surface area contributed by atoms with E-state index in [0.717, 1.165) is 12.8 Å². The number of hydrogen-bond donors (Lipinski definition) is 1. The highest BCUT2D eigenvalue weighted by atomic mass is 16.5. The zero-order valence-corrected chi connectivity index (χ0v) is 12.2. The second kappa shape index (κ2) is 7.78. The fourth-order valence-electron chi connectivity index (χ4n) is 2.55. The van der Waals surface area contributed by atoms with Crippen molar-refractivity contribution < 1.29 is 14.3 Å². The molecule has 2 amide bonds. The molecule has 0 aliphatic carbocycles. The first-order chi connectivity index (χ1) is 10.2. The number of primary amides is 1. The molecule has 2 rings (SSSR count). The number of ether oxygens (including phenoxy) is 1. The van der Waals surface area contributed by atoms with E-state index in [1.54, 1.807) is 4.90 Å². The van der Waals surface area contributed by atoms with E-state index in [-0.39, 0.29) is 5.91 Å². The van der Waals surface area contributed by atoms with Gasteiger partial charge >= 0.3 is 0 Å². The summed E-state index contributed by atoms with van der Waals surface area (Å²) in [6.07, 6.45) is 2.12. The number of amides is 2. The van der Waals surface area contributed by atoms with Crippen LogP contribution in [0.25, 0.3) is 0 Å². The van der Waals surface area contributed by atoms with Crippen LogP contribution in [0.4, 0.5) is 0 Å². The van der Waals surface area contributed by atoms with Crippen molar-refractivity contribution in [3.63, 3.8) is 0 Å². The molecule has 1 fully saturated rings. The van der Waals surface area contributed by atoms with Crippen molar-refractivity contribution >= 4 is 11.8 Å². The molecule has 21 heavy (non-hydrogen) atoms. The molecule has 1 aliphatic rings. The molecule has 1 saturated heterocycles. The summed E-state index contributed by atoms with van der Waals surface area (Å²) in [5, 5.41) is 0. The van der Waals surface area contributed by atoms with Crippen molar-refractivity contribution in [2.45, 2.75) is 19.3 Å². The Morgan fingerprint density at radius 3 is 2.48 bits per heavy atom. The summed E-state index contributed by atoms with van der Waals surface area (Å²) in [4.78, 5) is 25.6. The van der Waals surface area contributed by atoms with Crippen molar-refractivity contribution in [3.05, 3.63) is 35.9 Å². The van der Waals surface area contributed by atoms with Crippen LogP contribution >= 0.6 is 0 Å². The molecular formula is C16H22N2O3. The number of benzene rings is 1. The molecule has 0 unspecified atom stereocenters. The van der Waals surface area contributed by atoms with Crippen molar-refractivity contribution in [1.29, 1.82) is 0 Å². The number of nitrogens with two attached hydrogens (primary N) is 1. The summed E-state index contributed by atoms with van der Waals surface area (Å²) >= 11 is 0. The third-order valence-electron chi connectivity index (χ3n) is 3.77. The van der Waals surface area contributed by atoms with E-state index in [4.69, 9.17) is 10.5 Å². The maximum atomic E-state index is 12.4. The fraction of sp³-hybridized carbons (Fsp3) is 0.500. The monoisotopic (exact) mass is 290 g/mol. The Morgan fingerprint density at radius 1 is 1.19 bits per heavy atom. The van der Waals surface area contributed by atoms with Crippen LogP contribution in [0.5, 0.6) is 0 Å². The lowest BCUT2D eigenvalue weighted by molar-refractivity contribution is -0.144. The molecule has 1 atom stereocenters. The summed E-state index contributed by atoms with van der Waals surface area (Å²) in [5.74, 6) is -1.40. The topological polar surface area (TPSA) is 72.6 Å². The summed E-state index contributed by atoms with van der Waals surface area (Å²) in [6, 6.07) is 10.0. The van der Waals surface area contributed by atoms with Gasteiger partial charge in [-0.15, -0.1) is 0 Å². The Balaban J connectivity index is 1.86. The van der Waals surface area contributed by atoms with Crippen LogP contribution in [0.2, 0.25) is 0 Å². The summed E-state index contributed by atoms with van der Waals surface area (Å²) in [5.41, 5.74) is 6.61. The predicted molar refractivity (Wildman–Crippen MR) is 79.5 cm³/mol. The molecule has 1 aliphatic heterocycles. The zero-order chi connectivity index (χ0) is 15.1. The van der Waals surface area contributed by atoms with Crippen LogP contribution < -0.4 is 5.73 Å². The average Bonchev–Trinajstić information content (AvgIpc) is 2.52. The van der Waals surface area contributed by atoms with Gasteiger partial charge in [-0.25, -0.2) is 0 Å². The largest absolute Gasteiger partial charge is 0.378 e. The van der Waals surface area contributed by atoms with Gasteiger partial charge in [0.2, 0.25) is 11.8 Å². The molecule has 114 valence electrons. The molecule has 1 heterocycles. The van der Waals surface area contributed by atoms with Crippen LogP contribution in [-0.2, 0) is 20.7 Å². The highest BCUT2D eigenvalue weighted by Gasteiger charge is 2.29. The maximum absolute atomic E-state index is 12.4. The van der Waals surface area contributed by atoms with Crippen LogP contribution in [0.15, 0.2) is 30.3 Å². The number of nitrogens with zero attached hydrogens (tertiary/aromatic N) is 1. The third kappa shape index (κ3) is 4.56. The Labute approximate surface area is 125 Å². The lowest BCUT2D eigenvalue weighted by Gasteiger charge is -2.29. The molecule has 1 aromatic carbocycles. The van der Waals surface area contributed by atoms with Gasteiger partial charge < -0.3 is 15.4 Å². The van der Waals surface area contributed by atoms with Crippen LogP contribution in [-0.4, -0.2) is 43.0 Å². The van der Waals surface area contributed by atoms with Gasteiger partial charge in [-0.3, -0.25) is 9.59 Å². The average molecular weight is 290 g/mol. The van der Waals surface area contributed by atoms with E-state index >= 15 is 0 Å². The van der Waals surface area contributed by atoms with E-state index in [2.05, 4.69) is 0 Å². The lowest BCUT2D eigenvalue weighted by Crippen LogP contribution is -2.47. The highest BCUT2D eigenvalue weighted by Crippen LogP contribution is 2.14. The molecule has 2 N–H and O–H groups in total. The van der Waals surface area contributed by atoms with E-state index in [1.807, 2.05) is 30.3 Å².